The molecule has 1 saturated carbocycles. The van der Waals surface area contributed by atoms with Gasteiger partial charge in [-0.25, -0.2) is 0 Å². The summed E-state index contributed by atoms with van der Waals surface area (Å²) >= 11 is 0. The molecule has 4 rings (SSSR count). The quantitative estimate of drug-likeness (QED) is 0.658. The second-order valence-electron chi connectivity index (χ2n) is 6.61. The van der Waals surface area contributed by atoms with E-state index in [0.717, 1.165) is 11.8 Å². The third-order valence-corrected chi connectivity index (χ3v) is 5.54. The second-order valence-corrected chi connectivity index (χ2v) is 6.61. The summed E-state index contributed by atoms with van der Waals surface area (Å²) < 4.78 is 0. The molecule has 0 aromatic heterocycles. The fourth-order valence-electron chi connectivity index (χ4n) is 4.94. The predicted octanol–water partition coefficient (Wildman–Crippen LogP) is 3.06. The van der Waals surface area contributed by atoms with E-state index in [1.807, 2.05) is 0 Å². The first-order valence-electron chi connectivity index (χ1n) is 7.03. The molecule has 1 spiro atoms. The number of nitrogens with zero attached hydrogens (tertiary/aromatic N) is 1. The van der Waals surface area contributed by atoms with Crippen molar-refractivity contribution in [1.82, 2.24) is 4.90 Å². The maximum absolute atomic E-state index is 2.57. The van der Waals surface area contributed by atoms with Crippen LogP contribution in [0, 0.1) is 11.3 Å². The molecular weight excluding hydrogens is 206 g/mol. The van der Waals surface area contributed by atoms with Gasteiger partial charge in [-0.05, 0) is 61.1 Å². The van der Waals surface area contributed by atoms with Gasteiger partial charge in [0.2, 0.25) is 0 Å². The first kappa shape index (κ1) is 10.1. The summed E-state index contributed by atoms with van der Waals surface area (Å²) in [5.74, 6) is 1.83. The Hall–Kier alpha value is -0.820. The van der Waals surface area contributed by atoms with Crippen molar-refractivity contribution in [2.45, 2.75) is 31.6 Å². The van der Waals surface area contributed by atoms with Gasteiger partial charge in [0.05, 0.1) is 0 Å². The fraction of sp³-hybridized carbons (Fsp3) is 0.625. The Bertz CT molecular complexity index is 453. The largest absolute Gasteiger partial charge is 0.305 e. The minimum atomic E-state index is 0.631. The smallest absolute Gasteiger partial charge is 0.00416 e. The first-order chi connectivity index (χ1) is 8.27. The lowest BCUT2D eigenvalue weighted by atomic mass is 9.57. The SMILES string of the molecule is CN1C[C@@H]2CC[C@@H]3C[C@]2(Cc2ccccc23)C1. The highest BCUT2D eigenvalue weighted by Crippen LogP contribution is 2.56. The van der Waals surface area contributed by atoms with Crippen molar-refractivity contribution >= 4 is 0 Å². The zero-order valence-corrected chi connectivity index (χ0v) is 10.7. The van der Waals surface area contributed by atoms with E-state index < -0.39 is 0 Å². The van der Waals surface area contributed by atoms with Crippen molar-refractivity contribution in [2.24, 2.45) is 11.3 Å². The third kappa shape index (κ3) is 1.35. The fourth-order valence-corrected chi connectivity index (χ4v) is 4.94. The predicted molar refractivity (Wildman–Crippen MR) is 70.2 cm³/mol. The Morgan fingerprint density at radius 2 is 2.12 bits per heavy atom. The normalized spacial score (nSPS) is 39.8. The van der Waals surface area contributed by atoms with Gasteiger partial charge in [-0.15, -0.1) is 0 Å². The zero-order chi connectivity index (χ0) is 11.5. The van der Waals surface area contributed by atoms with Gasteiger partial charge in [-0.1, -0.05) is 24.3 Å². The number of hydrogen-bond donors (Lipinski definition) is 0. The molecule has 0 amide bonds. The van der Waals surface area contributed by atoms with E-state index in [1.165, 1.54) is 38.8 Å². The van der Waals surface area contributed by atoms with Crippen molar-refractivity contribution in [1.29, 1.82) is 0 Å². The zero-order valence-electron chi connectivity index (χ0n) is 10.7. The Labute approximate surface area is 104 Å². The molecule has 1 saturated heterocycles. The maximum atomic E-state index is 2.57. The molecule has 0 N–H and O–H groups in total. The molecule has 3 aliphatic rings. The van der Waals surface area contributed by atoms with Gasteiger partial charge >= 0.3 is 0 Å². The molecule has 1 aliphatic heterocycles. The van der Waals surface area contributed by atoms with Gasteiger partial charge in [-0.3, -0.25) is 0 Å². The highest BCUT2D eigenvalue weighted by Gasteiger charge is 2.51. The topological polar surface area (TPSA) is 3.24 Å². The van der Waals surface area contributed by atoms with Crippen LogP contribution in [0.2, 0.25) is 0 Å². The standard InChI is InChI=1S/C16H21N/c1-17-10-14-7-6-13-9-16(14,11-17)8-12-4-2-3-5-15(12)13/h2-5,13-14H,6-11H2,1H3/t13-,14+,16-/m1/s1. The van der Waals surface area contributed by atoms with Crippen molar-refractivity contribution < 1.29 is 0 Å². The molecule has 1 heterocycles. The molecule has 0 radical (unpaired) electrons. The van der Waals surface area contributed by atoms with E-state index in [-0.39, 0.29) is 0 Å². The number of benzene rings is 1. The molecule has 2 aliphatic carbocycles. The summed E-state index contributed by atoms with van der Waals surface area (Å²) in [5, 5.41) is 0. The lowest BCUT2D eigenvalue weighted by Crippen LogP contribution is -2.41. The Morgan fingerprint density at radius 1 is 1.24 bits per heavy atom. The van der Waals surface area contributed by atoms with Gasteiger partial charge in [0, 0.05) is 13.1 Å². The highest BCUT2D eigenvalue weighted by atomic mass is 15.1. The Balaban J connectivity index is 1.80. The van der Waals surface area contributed by atoms with Crippen LogP contribution in [0.4, 0.5) is 0 Å². The van der Waals surface area contributed by atoms with Crippen LogP contribution < -0.4 is 0 Å². The van der Waals surface area contributed by atoms with E-state index in [1.54, 1.807) is 11.1 Å². The summed E-state index contributed by atoms with van der Waals surface area (Å²) in [6.45, 7) is 2.68. The van der Waals surface area contributed by atoms with E-state index in [0.29, 0.717) is 5.41 Å². The average Bonchev–Trinajstić information content (AvgIpc) is 2.63. The Morgan fingerprint density at radius 3 is 3.06 bits per heavy atom. The van der Waals surface area contributed by atoms with E-state index in [9.17, 15) is 0 Å². The second kappa shape index (κ2) is 3.35. The molecule has 1 aromatic rings. The van der Waals surface area contributed by atoms with Crippen molar-refractivity contribution in [3.8, 4) is 0 Å². The van der Waals surface area contributed by atoms with Crippen LogP contribution in [-0.2, 0) is 6.42 Å². The summed E-state index contributed by atoms with van der Waals surface area (Å²) in [5.41, 5.74) is 3.96. The molecule has 17 heavy (non-hydrogen) atoms. The van der Waals surface area contributed by atoms with Gasteiger partial charge in [0.1, 0.15) is 0 Å². The molecule has 3 atom stereocenters. The molecule has 1 heteroatoms. The number of likely N-dealkylation sites (tertiary alicyclic amines) is 1. The average molecular weight is 227 g/mol. The summed E-state index contributed by atoms with van der Waals surface area (Å²) in [4.78, 5) is 2.57. The van der Waals surface area contributed by atoms with Gasteiger partial charge < -0.3 is 4.90 Å². The van der Waals surface area contributed by atoms with Crippen LogP contribution in [0.15, 0.2) is 24.3 Å². The van der Waals surface area contributed by atoms with Crippen molar-refractivity contribution in [3.63, 3.8) is 0 Å². The van der Waals surface area contributed by atoms with Crippen molar-refractivity contribution in [3.05, 3.63) is 35.4 Å². The molecule has 1 nitrogen and oxygen atoms in total. The molecule has 1 aromatic carbocycles. The van der Waals surface area contributed by atoms with Crippen molar-refractivity contribution in [2.75, 3.05) is 20.1 Å². The maximum Gasteiger partial charge on any atom is 0.00416 e. The first-order valence-corrected chi connectivity index (χ1v) is 7.03. The van der Waals surface area contributed by atoms with Crippen LogP contribution >= 0.6 is 0 Å². The van der Waals surface area contributed by atoms with E-state index in [2.05, 4.69) is 36.2 Å². The van der Waals surface area contributed by atoms with Crippen LogP contribution in [0.5, 0.6) is 0 Å². The molecule has 2 bridgehead atoms. The van der Waals surface area contributed by atoms with Gasteiger partial charge in [0.15, 0.2) is 0 Å². The third-order valence-electron chi connectivity index (χ3n) is 5.54. The van der Waals surface area contributed by atoms with Gasteiger partial charge in [-0.2, -0.15) is 0 Å². The summed E-state index contributed by atoms with van der Waals surface area (Å²) in [7, 11) is 2.31. The lowest BCUT2D eigenvalue weighted by Gasteiger charge is -2.47. The van der Waals surface area contributed by atoms with E-state index >= 15 is 0 Å². The van der Waals surface area contributed by atoms with Crippen LogP contribution in [-0.4, -0.2) is 25.0 Å². The summed E-state index contributed by atoms with van der Waals surface area (Å²) in [6, 6.07) is 9.21. The Kier molecular flexibility index (Phi) is 2.00. The van der Waals surface area contributed by atoms with Crippen LogP contribution in [0.1, 0.15) is 36.3 Å². The van der Waals surface area contributed by atoms with E-state index in [4.69, 9.17) is 0 Å². The molecular formula is C16H21N. The van der Waals surface area contributed by atoms with Gasteiger partial charge in [0.25, 0.3) is 0 Å². The van der Waals surface area contributed by atoms with Crippen LogP contribution in [0.3, 0.4) is 0 Å². The summed E-state index contributed by atoms with van der Waals surface area (Å²) in [6.07, 6.45) is 5.69. The lowest BCUT2D eigenvalue weighted by molar-refractivity contribution is 0.115. The molecule has 2 fully saturated rings. The number of hydrogen-bond acceptors (Lipinski definition) is 1. The molecule has 90 valence electrons. The highest BCUT2D eigenvalue weighted by molar-refractivity contribution is 5.36. The number of fused-ring (bicyclic) bond motifs is 3. The minimum Gasteiger partial charge on any atom is -0.305 e. The minimum absolute atomic E-state index is 0.631. The van der Waals surface area contributed by atoms with Crippen LogP contribution in [0.25, 0.3) is 0 Å². The number of rotatable bonds is 0. The monoisotopic (exact) mass is 227 g/mol. The molecule has 0 unspecified atom stereocenters.